The van der Waals surface area contributed by atoms with Crippen molar-refractivity contribution in [3.63, 3.8) is 0 Å². The fourth-order valence-corrected chi connectivity index (χ4v) is 8.33. The first-order valence-electron chi connectivity index (χ1n) is 8.02. The summed E-state index contributed by atoms with van der Waals surface area (Å²) in [7, 11) is -4.34. The van der Waals surface area contributed by atoms with Crippen LogP contribution in [0.4, 0.5) is 0 Å². The summed E-state index contributed by atoms with van der Waals surface area (Å²) >= 11 is 14.0. The lowest BCUT2D eigenvalue weighted by atomic mass is 10.3. The van der Waals surface area contributed by atoms with E-state index in [0.29, 0.717) is 0 Å². The number of benzene rings is 3. The summed E-state index contributed by atoms with van der Waals surface area (Å²) in [5.74, 6) is 0. The van der Waals surface area contributed by atoms with E-state index < -0.39 is 14.8 Å². The maximum atomic E-state index is 6.99. The first-order valence-corrected chi connectivity index (χ1v) is 15.0. The summed E-state index contributed by atoms with van der Waals surface area (Å²) in [4.78, 5) is 0. The van der Waals surface area contributed by atoms with Crippen molar-refractivity contribution in [1.29, 1.82) is 0 Å². The van der Waals surface area contributed by atoms with Gasteiger partial charge < -0.3 is 0 Å². The fraction of sp³-hybridized carbons (Fsp3) is 0.100. The Morgan fingerprint density at radius 2 is 0.708 bits per heavy atom. The molecule has 0 nitrogen and oxygen atoms in total. The molecule has 2 unspecified atom stereocenters. The minimum absolute atomic E-state index is 1.22. The average Bonchev–Trinajstić information content (AvgIpc) is 2.63. The summed E-state index contributed by atoms with van der Waals surface area (Å²) in [6.45, 7) is 4.35. The van der Waals surface area contributed by atoms with Gasteiger partial charge in [-0.25, -0.2) is 0 Å². The van der Waals surface area contributed by atoms with Crippen molar-refractivity contribution in [2.45, 2.75) is 13.1 Å². The lowest BCUT2D eigenvalue weighted by molar-refractivity contribution is 1.71. The predicted molar refractivity (Wildman–Crippen MR) is 113 cm³/mol. The highest BCUT2D eigenvalue weighted by Crippen LogP contribution is 2.13. The molecule has 0 fully saturated rings. The van der Waals surface area contributed by atoms with E-state index in [1.807, 2.05) is 12.1 Å². The molecule has 0 bridgehead atoms. The topological polar surface area (TPSA) is 0 Å². The molecule has 0 radical (unpaired) electrons. The van der Waals surface area contributed by atoms with Crippen LogP contribution >= 0.6 is 22.2 Å². The van der Waals surface area contributed by atoms with E-state index in [-0.39, 0.29) is 0 Å². The van der Waals surface area contributed by atoms with Crippen molar-refractivity contribution in [3.05, 3.63) is 84.9 Å². The average molecular weight is 387 g/mol. The molecule has 0 heterocycles. The van der Waals surface area contributed by atoms with Crippen LogP contribution in [0.2, 0.25) is 13.1 Å². The molecule has 0 saturated heterocycles. The van der Waals surface area contributed by atoms with Gasteiger partial charge in [-0.2, -0.15) is 22.2 Å². The normalized spacial score (nSPS) is 16.2. The van der Waals surface area contributed by atoms with Crippen molar-refractivity contribution < 1.29 is 0 Å². The Labute approximate surface area is 155 Å². The zero-order chi connectivity index (χ0) is 17.2. The van der Waals surface area contributed by atoms with E-state index in [1.165, 1.54) is 20.7 Å². The van der Waals surface area contributed by atoms with Crippen molar-refractivity contribution >= 4 is 57.7 Å². The van der Waals surface area contributed by atoms with Gasteiger partial charge in [0.15, 0.2) is 0 Å². The van der Waals surface area contributed by atoms with E-state index in [0.717, 1.165) is 0 Å². The van der Waals surface area contributed by atoms with Crippen LogP contribution in [-0.4, -0.2) is 14.8 Å². The third-order valence-corrected chi connectivity index (χ3v) is 12.9. The van der Waals surface area contributed by atoms with Crippen molar-refractivity contribution in [1.82, 2.24) is 0 Å². The molecule has 2 atom stereocenters. The summed E-state index contributed by atoms with van der Waals surface area (Å²) in [5, 5.41) is 4.89. The molecular formula is C20H20Cl2Si2. The Balaban J connectivity index is 1.94. The highest BCUT2D eigenvalue weighted by molar-refractivity contribution is 7.34. The van der Waals surface area contributed by atoms with Crippen LogP contribution < -0.4 is 20.7 Å². The number of halogens is 2. The van der Waals surface area contributed by atoms with Crippen LogP contribution in [0.3, 0.4) is 0 Å². The van der Waals surface area contributed by atoms with Gasteiger partial charge in [-0.3, -0.25) is 0 Å². The van der Waals surface area contributed by atoms with Crippen LogP contribution in [0.1, 0.15) is 0 Å². The van der Waals surface area contributed by atoms with Gasteiger partial charge in [-0.15, -0.1) is 0 Å². The molecule has 0 aromatic heterocycles. The van der Waals surface area contributed by atoms with E-state index in [1.54, 1.807) is 0 Å². The molecule has 3 aromatic rings. The Kier molecular flexibility index (Phi) is 5.02. The predicted octanol–water partition coefficient (Wildman–Crippen LogP) is 3.54. The van der Waals surface area contributed by atoms with Crippen molar-refractivity contribution in [3.8, 4) is 0 Å². The lowest BCUT2D eigenvalue weighted by Gasteiger charge is -2.24. The van der Waals surface area contributed by atoms with Gasteiger partial charge in [0.05, 0.1) is 0 Å². The summed E-state index contributed by atoms with van der Waals surface area (Å²) < 4.78 is 0. The van der Waals surface area contributed by atoms with E-state index in [4.69, 9.17) is 22.2 Å². The highest BCUT2D eigenvalue weighted by atomic mass is 35.6. The molecule has 0 N–H and O–H groups in total. The lowest BCUT2D eigenvalue weighted by Crippen LogP contribution is -2.53. The largest absolute Gasteiger partial charge is 0.214 e. The number of rotatable bonds is 4. The molecule has 0 aliphatic rings. The van der Waals surface area contributed by atoms with Crippen LogP contribution in [0.15, 0.2) is 84.9 Å². The summed E-state index contributed by atoms with van der Waals surface area (Å²) in [5.41, 5.74) is 0. The number of hydrogen-bond donors (Lipinski definition) is 0. The third kappa shape index (κ3) is 3.38. The Morgan fingerprint density at radius 3 is 1.00 bits per heavy atom. The Bertz CT molecular complexity index is 728. The molecule has 4 heteroatoms. The fourth-order valence-electron chi connectivity index (χ4n) is 2.93. The third-order valence-electron chi connectivity index (χ3n) is 4.60. The van der Waals surface area contributed by atoms with Crippen molar-refractivity contribution in [2.24, 2.45) is 0 Å². The smallest absolute Gasteiger partial charge is 0.155 e. The first kappa shape index (κ1) is 17.5. The van der Waals surface area contributed by atoms with Gasteiger partial charge in [-0.05, 0) is 33.8 Å². The molecule has 122 valence electrons. The van der Waals surface area contributed by atoms with Crippen molar-refractivity contribution in [2.75, 3.05) is 0 Å². The maximum Gasteiger partial charge on any atom is 0.214 e. The van der Waals surface area contributed by atoms with Gasteiger partial charge in [-0.1, -0.05) is 84.9 Å². The summed E-state index contributed by atoms with van der Waals surface area (Å²) in [6.07, 6.45) is 0. The van der Waals surface area contributed by atoms with E-state index in [2.05, 4.69) is 85.9 Å². The second-order valence-electron chi connectivity index (χ2n) is 6.32. The second kappa shape index (κ2) is 6.89. The second-order valence-corrected chi connectivity index (χ2v) is 17.2. The van der Waals surface area contributed by atoms with Gasteiger partial charge >= 0.3 is 0 Å². The highest BCUT2D eigenvalue weighted by Gasteiger charge is 2.32. The van der Waals surface area contributed by atoms with Crippen LogP contribution in [-0.2, 0) is 0 Å². The van der Waals surface area contributed by atoms with Crippen LogP contribution in [0.5, 0.6) is 0 Å². The summed E-state index contributed by atoms with van der Waals surface area (Å²) in [6, 6.07) is 29.4. The molecule has 0 aliphatic carbocycles. The minimum atomic E-state index is -2.17. The molecule has 0 amide bonds. The van der Waals surface area contributed by atoms with E-state index >= 15 is 0 Å². The van der Waals surface area contributed by atoms with Gasteiger partial charge in [0, 0.05) is 0 Å². The molecule has 0 aliphatic heterocycles. The molecule has 3 rings (SSSR count). The minimum Gasteiger partial charge on any atom is -0.155 e. The van der Waals surface area contributed by atoms with Gasteiger partial charge in [0.25, 0.3) is 0 Å². The SMILES string of the molecule is C[Si](Cl)(c1ccccc1)c1ccc([Si](C)(Cl)c2ccccc2)cc1. The van der Waals surface area contributed by atoms with Gasteiger partial charge in [0.1, 0.15) is 0 Å². The Morgan fingerprint density at radius 1 is 0.458 bits per heavy atom. The Hall–Kier alpha value is -1.33. The monoisotopic (exact) mass is 386 g/mol. The molecular weight excluding hydrogens is 367 g/mol. The quantitative estimate of drug-likeness (QED) is 0.475. The molecule has 0 spiro atoms. The zero-order valence-corrected chi connectivity index (χ0v) is 17.4. The van der Waals surface area contributed by atoms with Crippen LogP contribution in [0, 0.1) is 0 Å². The first-order chi connectivity index (χ1) is 11.4. The molecule has 3 aromatic carbocycles. The number of hydrogen-bond acceptors (Lipinski definition) is 0. The maximum absolute atomic E-state index is 6.99. The zero-order valence-electron chi connectivity index (χ0n) is 13.8. The van der Waals surface area contributed by atoms with E-state index in [9.17, 15) is 0 Å². The van der Waals surface area contributed by atoms with Gasteiger partial charge in [0.2, 0.25) is 14.8 Å². The van der Waals surface area contributed by atoms with Crippen LogP contribution in [0.25, 0.3) is 0 Å². The standard InChI is InChI=1S/C20H20Cl2Si2/c1-23(21,17-9-5-3-6-10-17)19-13-15-20(16-14-19)24(2,22)18-11-7-4-8-12-18/h3-16H,1-2H3. The molecule has 24 heavy (non-hydrogen) atoms. The molecule has 0 saturated carbocycles.